The van der Waals surface area contributed by atoms with Gasteiger partial charge >= 0.3 is 6.09 Å². The Labute approximate surface area is 194 Å². The summed E-state index contributed by atoms with van der Waals surface area (Å²) in [6.07, 6.45) is -0.367. The summed E-state index contributed by atoms with van der Waals surface area (Å²) in [7, 11) is 0. The molecule has 32 heavy (non-hydrogen) atoms. The molecule has 2 heterocycles. The van der Waals surface area contributed by atoms with Gasteiger partial charge in [0.15, 0.2) is 0 Å². The van der Waals surface area contributed by atoms with E-state index in [4.69, 9.17) is 10.5 Å². The van der Waals surface area contributed by atoms with Crippen LogP contribution >= 0.6 is 15.9 Å². The second-order valence-corrected chi connectivity index (χ2v) is 9.25. The number of nitriles is 2. The number of nitrogens with two attached hydrogens (primary N) is 1. The van der Waals surface area contributed by atoms with E-state index in [0.29, 0.717) is 31.7 Å². The number of nitrogen functional groups attached to an aromatic ring is 1. The summed E-state index contributed by atoms with van der Waals surface area (Å²) in [4.78, 5) is 30.8. The lowest BCUT2D eigenvalue weighted by atomic mass is 9.94. The Morgan fingerprint density at radius 2 is 1.78 bits per heavy atom. The fraction of sp³-hybridized carbons (Fsp3) is 0.364. The van der Waals surface area contributed by atoms with Crippen LogP contribution in [0.25, 0.3) is 11.1 Å². The summed E-state index contributed by atoms with van der Waals surface area (Å²) in [6.45, 7) is 7.37. The number of H-pyrrole nitrogens is 1. The normalized spacial score (nSPS) is 13.9. The van der Waals surface area contributed by atoms with Crippen molar-refractivity contribution in [2.24, 2.45) is 0 Å². The number of amides is 1. The Morgan fingerprint density at radius 3 is 2.34 bits per heavy atom. The van der Waals surface area contributed by atoms with Gasteiger partial charge in [0, 0.05) is 47.5 Å². The molecule has 0 unspecified atom stereocenters. The lowest BCUT2D eigenvalue weighted by molar-refractivity contribution is 0.0240. The lowest BCUT2D eigenvalue weighted by Gasteiger charge is -2.37. The first-order valence-corrected chi connectivity index (χ1v) is 10.7. The average Bonchev–Trinajstić information content (AvgIpc) is 2.72. The number of nitrogens with one attached hydrogen (secondary N) is 1. The first-order chi connectivity index (χ1) is 15.1. The molecule has 3 rings (SSSR count). The van der Waals surface area contributed by atoms with Crippen molar-refractivity contribution < 1.29 is 9.53 Å². The predicted molar refractivity (Wildman–Crippen MR) is 124 cm³/mol. The molecule has 0 radical (unpaired) electrons. The zero-order valence-corrected chi connectivity index (χ0v) is 19.6. The molecule has 166 valence electrons. The molecule has 1 aromatic heterocycles. The summed E-state index contributed by atoms with van der Waals surface area (Å²) in [5.74, 6) is -0.0906. The number of nitrogens with zero attached hydrogens (tertiary/aromatic N) is 4. The van der Waals surface area contributed by atoms with Crippen molar-refractivity contribution in [1.29, 1.82) is 10.5 Å². The molecule has 0 atom stereocenters. The number of anilines is 2. The molecule has 10 heteroatoms. The highest BCUT2D eigenvalue weighted by Crippen LogP contribution is 2.38. The largest absolute Gasteiger partial charge is 0.444 e. The number of ether oxygens (including phenoxy) is 1. The van der Waals surface area contributed by atoms with Crippen LogP contribution in [-0.4, -0.2) is 47.8 Å². The first kappa shape index (κ1) is 23.2. The van der Waals surface area contributed by atoms with Crippen molar-refractivity contribution >= 4 is 33.5 Å². The summed E-state index contributed by atoms with van der Waals surface area (Å²) in [5, 5.41) is 19.3. The highest BCUT2D eigenvalue weighted by molar-refractivity contribution is 9.10. The monoisotopic (exact) mass is 498 g/mol. The number of hydrogen-bond acceptors (Lipinski definition) is 7. The number of aromatic nitrogens is 1. The van der Waals surface area contributed by atoms with Gasteiger partial charge in [0.1, 0.15) is 34.7 Å². The quantitative estimate of drug-likeness (QED) is 0.647. The van der Waals surface area contributed by atoms with Crippen LogP contribution in [-0.2, 0) is 4.74 Å². The lowest BCUT2D eigenvalue weighted by Crippen LogP contribution is -2.50. The summed E-state index contributed by atoms with van der Waals surface area (Å²) < 4.78 is 6.17. The first-order valence-electron chi connectivity index (χ1n) is 9.94. The number of rotatable bonds is 2. The molecule has 2 aromatic rings. The minimum absolute atomic E-state index is 0.0351. The van der Waals surface area contributed by atoms with Crippen LogP contribution in [0.4, 0.5) is 16.3 Å². The Hall–Kier alpha value is -3.50. The van der Waals surface area contributed by atoms with E-state index in [1.54, 1.807) is 11.0 Å². The van der Waals surface area contributed by atoms with Crippen LogP contribution in [0.3, 0.4) is 0 Å². The van der Waals surface area contributed by atoms with Gasteiger partial charge in [0.2, 0.25) is 0 Å². The number of aromatic amines is 1. The third-order valence-electron chi connectivity index (χ3n) is 4.97. The van der Waals surface area contributed by atoms with Crippen LogP contribution in [0, 0.1) is 22.7 Å². The second-order valence-electron chi connectivity index (χ2n) is 8.33. The maximum absolute atomic E-state index is 12.4. The standard InChI is InChI=1S/C22H23BrN6O3/c1-22(2,3)32-21(31)29-8-6-28(7-9-29)17-5-4-13(23)10-14(17)18-15(11-24)19(26)27-20(30)16(18)12-25/h4-5,10H,6-9H2,1-3H3,(H3,26,27,30). The van der Waals surface area contributed by atoms with Crippen LogP contribution < -0.4 is 16.2 Å². The van der Waals surface area contributed by atoms with E-state index in [1.165, 1.54) is 0 Å². The van der Waals surface area contributed by atoms with Crippen molar-refractivity contribution in [2.45, 2.75) is 26.4 Å². The summed E-state index contributed by atoms with van der Waals surface area (Å²) in [5.41, 5.74) is 5.99. The number of benzene rings is 1. The molecular weight excluding hydrogens is 476 g/mol. The smallest absolute Gasteiger partial charge is 0.410 e. The van der Waals surface area contributed by atoms with Gasteiger partial charge in [-0.1, -0.05) is 15.9 Å². The minimum atomic E-state index is -0.653. The fourth-order valence-corrected chi connectivity index (χ4v) is 3.91. The Morgan fingerprint density at radius 1 is 1.16 bits per heavy atom. The molecule has 1 aliphatic heterocycles. The molecule has 9 nitrogen and oxygen atoms in total. The molecule has 0 bridgehead atoms. The van der Waals surface area contributed by atoms with Crippen LogP contribution in [0.2, 0.25) is 0 Å². The fourth-order valence-electron chi connectivity index (χ4n) is 3.55. The zero-order chi connectivity index (χ0) is 23.6. The van der Waals surface area contributed by atoms with Crippen molar-refractivity contribution in [3.8, 4) is 23.3 Å². The molecule has 3 N–H and O–H groups in total. The Balaban J connectivity index is 2.01. The van der Waals surface area contributed by atoms with Gasteiger partial charge in [-0.15, -0.1) is 0 Å². The molecule has 1 saturated heterocycles. The van der Waals surface area contributed by atoms with Gasteiger partial charge in [0.25, 0.3) is 5.56 Å². The topological polar surface area (TPSA) is 139 Å². The highest BCUT2D eigenvalue weighted by atomic mass is 79.9. The maximum Gasteiger partial charge on any atom is 0.410 e. The van der Waals surface area contributed by atoms with E-state index in [9.17, 15) is 20.1 Å². The molecule has 1 aliphatic rings. The SMILES string of the molecule is CC(C)(C)OC(=O)N1CCN(c2ccc(Br)cc2-c2c(C#N)c(N)[nH]c(=O)c2C#N)CC1. The van der Waals surface area contributed by atoms with Gasteiger partial charge in [-0.05, 0) is 39.0 Å². The van der Waals surface area contributed by atoms with E-state index in [-0.39, 0.29) is 28.6 Å². The van der Waals surface area contributed by atoms with Crippen molar-refractivity contribution in [1.82, 2.24) is 9.88 Å². The van der Waals surface area contributed by atoms with Crippen LogP contribution in [0.1, 0.15) is 31.9 Å². The summed E-state index contributed by atoms with van der Waals surface area (Å²) >= 11 is 3.43. The Bertz CT molecular complexity index is 1190. The predicted octanol–water partition coefficient (Wildman–Crippen LogP) is 3.19. The number of piperazine rings is 1. The molecule has 0 aliphatic carbocycles. The van der Waals surface area contributed by atoms with E-state index in [0.717, 1.165) is 10.2 Å². The van der Waals surface area contributed by atoms with Crippen LogP contribution in [0.5, 0.6) is 0 Å². The van der Waals surface area contributed by atoms with Gasteiger partial charge in [0.05, 0.1) is 0 Å². The number of pyridine rings is 1. The van der Waals surface area contributed by atoms with Gasteiger partial charge in [-0.25, -0.2) is 4.79 Å². The third-order valence-corrected chi connectivity index (χ3v) is 5.46. The number of hydrogen-bond donors (Lipinski definition) is 2. The third kappa shape index (κ3) is 4.71. The molecule has 1 aromatic carbocycles. The second kappa shape index (κ2) is 8.93. The van der Waals surface area contributed by atoms with Gasteiger partial charge in [-0.3, -0.25) is 4.79 Å². The van der Waals surface area contributed by atoms with Crippen LogP contribution in [0.15, 0.2) is 27.5 Å². The van der Waals surface area contributed by atoms with Gasteiger partial charge in [-0.2, -0.15) is 10.5 Å². The molecule has 1 amide bonds. The van der Waals surface area contributed by atoms with E-state index in [1.807, 2.05) is 49.9 Å². The van der Waals surface area contributed by atoms with E-state index >= 15 is 0 Å². The van der Waals surface area contributed by atoms with E-state index < -0.39 is 11.2 Å². The molecule has 0 saturated carbocycles. The number of carbonyl (C=O) groups excluding carboxylic acids is 1. The van der Waals surface area contributed by atoms with Crippen molar-refractivity contribution in [3.05, 3.63) is 44.2 Å². The Kier molecular flexibility index (Phi) is 6.47. The maximum atomic E-state index is 12.4. The van der Waals surface area contributed by atoms with Crippen molar-refractivity contribution in [2.75, 3.05) is 36.8 Å². The van der Waals surface area contributed by atoms with Crippen molar-refractivity contribution in [3.63, 3.8) is 0 Å². The average molecular weight is 499 g/mol. The molecule has 1 fully saturated rings. The molecular formula is C22H23BrN6O3. The van der Waals surface area contributed by atoms with E-state index in [2.05, 4.69) is 20.9 Å². The number of carbonyl (C=O) groups is 1. The minimum Gasteiger partial charge on any atom is -0.444 e. The molecule has 0 spiro atoms. The zero-order valence-electron chi connectivity index (χ0n) is 18.0. The number of halogens is 1. The summed E-state index contributed by atoms with van der Waals surface area (Å²) in [6, 6.07) is 9.36. The highest BCUT2D eigenvalue weighted by Gasteiger charge is 2.28. The van der Waals surface area contributed by atoms with Gasteiger partial charge < -0.3 is 25.3 Å².